The summed E-state index contributed by atoms with van der Waals surface area (Å²) in [5.74, 6) is 0.0710. The number of benzene rings is 3. The molecule has 0 bridgehead atoms. The Bertz CT molecular complexity index is 1670. The van der Waals surface area contributed by atoms with Gasteiger partial charge in [0.15, 0.2) is 0 Å². The van der Waals surface area contributed by atoms with Gasteiger partial charge in [-0.2, -0.15) is 0 Å². The van der Waals surface area contributed by atoms with E-state index in [0.717, 1.165) is 16.7 Å². The molecule has 2 aromatic heterocycles. The molecular formula is C32H31FN4O4. The van der Waals surface area contributed by atoms with Crippen LogP contribution in [0.3, 0.4) is 0 Å². The molecule has 41 heavy (non-hydrogen) atoms. The highest BCUT2D eigenvalue weighted by Crippen LogP contribution is 2.33. The van der Waals surface area contributed by atoms with Crippen LogP contribution in [0.4, 0.5) is 4.39 Å². The molecule has 5 aromatic rings. The van der Waals surface area contributed by atoms with Gasteiger partial charge in [0.1, 0.15) is 29.5 Å². The standard InChI is InChI=1S/C32H31FN4O4/c1-20(2)18-36-32(39)24-14-23(15-26(16-24)40-12-11-37-10-9-35-19-37)22-5-8-28-27(17-22)30(31(34)38)29(41-28)13-21-3-6-25(33)7-4-21/h3-10,14-17,19-20H,11-13,18H2,1-2H3,(H2,34,38)(H,36,39). The number of rotatable bonds is 11. The van der Waals surface area contributed by atoms with E-state index in [2.05, 4.69) is 10.3 Å². The molecule has 9 heteroatoms. The number of ether oxygens (including phenoxy) is 1. The maximum atomic E-state index is 13.4. The maximum Gasteiger partial charge on any atom is 0.252 e. The summed E-state index contributed by atoms with van der Waals surface area (Å²) in [6.07, 6.45) is 5.55. The lowest BCUT2D eigenvalue weighted by Gasteiger charge is -2.13. The molecule has 2 amide bonds. The lowest BCUT2D eigenvalue weighted by atomic mass is 9.98. The van der Waals surface area contributed by atoms with Crippen molar-refractivity contribution in [1.82, 2.24) is 14.9 Å². The molecule has 0 radical (unpaired) electrons. The molecule has 0 aliphatic rings. The highest BCUT2D eigenvalue weighted by Gasteiger charge is 2.20. The third kappa shape index (κ3) is 6.63. The first-order valence-electron chi connectivity index (χ1n) is 13.4. The van der Waals surface area contributed by atoms with E-state index in [1.165, 1.54) is 12.1 Å². The summed E-state index contributed by atoms with van der Waals surface area (Å²) >= 11 is 0. The Morgan fingerprint density at radius 1 is 1.07 bits per heavy atom. The number of hydrogen-bond acceptors (Lipinski definition) is 5. The van der Waals surface area contributed by atoms with Gasteiger partial charge in [0, 0.05) is 36.3 Å². The van der Waals surface area contributed by atoms with E-state index in [0.29, 0.717) is 53.7 Å². The molecule has 3 aromatic carbocycles. The van der Waals surface area contributed by atoms with Crippen LogP contribution in [0.15, 0.2) is 83.8 Å². The van der Waals surface area contributed by atoms with Crippen molar-refractivity contribution in [3.05, 3.63) is 108 Å². The molecule has 0 saturated carbocycles. The second-order valence-corrected chi connectivity index (χ2v) is 10.3. The van der Waals surface area contributed by atoms with Crippen LogP contribution < -0.4 is 15.8 Å². The van der Waals surface area contributed by atoms with E-state index in [1.54, 1.807) is 42.9 Å². The number of nitrogens with zero attached hydrogens (tertiary/aromatic N) is 2. The number of nitrogens with two attached hydrogens (primary N) is 1. The fourth-order valence-electron chi connectivity index (χ4n) is 4.58. The van der Waals surface area contributed by atoms with Crippen LogP contribution in [-0.2, 0) is 13.0 Å². The lowest BCUT2D eigenvalue weighted by molar-refractivity contribution is 0.0947. The van der Waals surface area contributed by atoms with Crippen LogP contribution in [0, 0.1) is 11.7 Å². The maximum absolute atomic E-state index is 13.4. The zero-order valence-corrected chi connectivity index (χ0v) is 22.9. The van der Waals surface area contributed by atoms with Gasteiger partial charge in [-0.15, -0.1) is 0 Å². The van der Waals surface area contributed by atoms with Crippen molar-refractivity contribution in [2.75, 3.05) is 13.2 Å². The molecule has 0 spiro atoms. The summed E-state index contributed by atoms with van der Waals surface area (Å²) in [6.45, 7) is 5.58. The Balaban J connectivity index is 1.50. The van der Waals surface area contributed by atoms with E-state index in [-0.39, 0.29) is 23.7 Å². The number of carbonyl (C=O) groups excluding carboxylic acids is 2. The molecule has 2 heterocycles. The molecule has 0 fully saturated rings. The van der Waals surface area contributed by atoms with Gasteiger partial charge < -0.3 is 24.8 Å². The Hall–Kier alpha value is -4.92. The summed E-state index contributed by atoms with van der Waals surface area (Å²) in [7, 11) is 0. The Morgan fingerprint density at radius 3 is 2.59 bits per heavy atom. The summed E-state index contributed by atoms with van der Waals surface area (Å²) in [4.78, 5) is 29.6. The number of imidazole rings is 1. The number of amides is 2. The minimum atomic E-state index is -0.622. The number of aromatic nitrogens is 2. The normalized spacial score (nSPS) is 11.2. The highest BCUT2D eigenvalue weighted by atomic mass is 19.1. The van der Waals surface area contributed by atoms with Crippen LogP contribution in [0.5, 0.6) is 5.75 Å². The summed E-state index contributed by atoms with van der Waals surface area (Å²) in [5.41, 5.74) is 9.30. The number of nitrogens with one attached hydrogen (secondary N) is 1. The zero-order chi connectivity index (χ0) is 28.9. The molecule has 0 aliphatic heterocycles. The van der Waals surface area contributed by atoms with Gasteiger partial charge in [0.25, 0.3) is 11.8 Å². The second-order valence-electron chi connectivity index (χ2n) is 10.3. The van der Waals surface area contributed by atoms with E-state index >= 15 is 0 Å². The van der Waals surface area contributed by atoms with E-state index in [1.807, 2.05) is 42.8 Å². The Labute approximate surface area is 236 Å². The first-order valence-corrected chi connectivity index (χ1v) is 13.4. The first-order chi connectivity index (χ1) is 19.8. The first kappa shape index (κ1) is 27.6. The summed E-state index contributed by atoms with van der Waals surface area (Å²) < 4.78 is 27.4. The lowest BCUT2D eigenvalue weighted by Crippen LogP contribution is -2.27. The van der Waals surface area contributed by atoms with Crippen molar-refractivity contribution in [3.8, 4) is 16.9 Å². The molecule has 0 unspecified atom stereocenters. The van der Waals surface area contributed by atoms with Crippen molar-refractivity contribution >= 4 is 22.8 Å². The van der Waals surface area contributed by atoms with E-state index in [9.17, 15) is 14.0 Å². The highest BCUT2D eigenvalue weighted by molar-refractivity contribution is 6.07. The van der Waals surface area contributed by atoms with Crippen LogP contribution in [-0.4, -0.2) is 34.5 Å². The van der Waals surface area contributed by atoms with Gasteiger partial charge in [-0.3, -0.25) is 9.59 Å². The fraction of sp³-hybridized carbons (Fsp3) is 0.219. The molecule has 210 valence electrons. The number of hydrogen-bond donors (Lipinski definition) is 2. The summed E-state index contributed by atoms with van der Waals surface area (Å²) in [5, 5.41) is 3.52. The fourth-order valence-corrected chi connectivity index (χ4v) is 4.58. The molecule has 0 atom stereocenters. The SMILES string of the molecule is CC(C)CNC(=O)c1cc(OCCn2ccnc2)cc(-c2ccc3oc(Cc4ccc(F)cc4)c(C(N)=O)c3c2)c1. The number of carbonyl (C=O) groups is 2. The minimum absolute atomic E-state index is 0.205. The predicted molar refractivity (Wildman–Crippen MR) is 154 cm³/mol. The van der Waals surface area contributed by atoms with E-state index < -0.39 is 5.91 Å². The second kappa shape index (κ2) is 12.1. The minimum Gasteiger partial charge on any atom is -0.492 e. The third-order valence-electron chi connectivity index (χ3n) is 6.64. The molecule has 5 rings (SSSR count). The number of fused-ring (bicyclic) bond motifs is 1. The Kier molecular flexibility index (Phi) is 8.14. The largest absolute Gasteiger partial charge is 0.492 e. The van der Waals surface area contributed by atoms with Crippen molar-refractivity contribution in [2.45, 2.75) is 26.8 Å². The average molecular weight is 555 g/mol. The molecule has 3 N–H and O–H groups in total. The van der Waals surface area contributed by atoms with Crippen LogP contribution in [0.2, 0.25) is 0 Å². The number of primary amides is 1. The van der Waals surface area contributed by atoms with Gasteiger partial charge >= 0.3 is 0 Å². The smallest absolute Gasteiger partial charge is 0.252 e. The van der Waals surface area contributed by atoms with Crippen molar-refractivity contribution < 1.29 is 23.1 Å². The summed E-state index contributed by atoms with van der Waals surface area (Å²) in [6, 6.07) is 16.8. The van der Waals surface area contributed by atoms with Crippen LogP contribution >= 0.6 is 0 Å². The van der Waals surface area contributed by atoms with Gasteiger partial charge in [-0.1, -0.05) is 32.0 Å². The van der Waals surface area contributed by atoms with Crippen LogP contribution in [0.25, 0.3) is 22.1 Å². The number of halogens is 1. The van der Waals surface area contributed by atoms with Crippen molar-refractivity contribution in [3.63, 3.8) is 0 Å². The molecule has 0 aliphatic carbocycles. The van der Waals surface area contributed by atoms with Gasteiger partial charge in [-0.05, 0) is 65.1 Å². The molecule has 0 saturated heterocycles. The zero-order valence-electron chi connectivity index (χ0n) is 22.9. The third-order valence-corrected chi connectivity index (χ3v) is 6.64. The van der Waals surface area contributed by atoms with Gasteiger partial charge in [-0.25, -0.2) is 9.37 Å². The van der Waals surface area contributed by atoms with Gasteiger partial charge in [0.2, 0.25) is 0 Å². The molecular weight excluding hydrogens is 523 g/mol. The van der Waals surface area contributed by atoms with Crippen molar-refractivity contribution in [1.29, 1.82) is 0 Å². The monoisotopic (exact) mass is 554 g/mol. The number of furan rings is 1. The average Bonchev–Trinajstić information content (AvgIpc) is 3.60. The van der Waals surface area contributed by atoms with Crippen molar-refractivity contribution in [2.24, 2.45) is 11.7 Å². The van der Waals surface area contributed by atoms with Crippen LogP contribution in [0.1, 0.15) is 45.9 Å². The van der Waals surface area contributed by atoms with Gasteiger partial charge in [0.05, 0.1) is 18.4 Å². The predicted octanol–water partition coefficient (Wildman–Crippen LogP) is 5.59. The topological polar surface area (TPSA) is 112 Å². The quantitative estimate of drug-likeness (QED) is 0.221. The molecule has 8 nitrogen and oxygen atoms in total. The Morgan fingerprint density at radius 2 is 1.88 bits per heavy atom. The van der Waals surface area contributed by atoms with E-state index in [4.69, 9.17) is 14.9 Å².